The van der Waals surface area contributed by atoms with Crippen LogP contribution in [0.4, 0.5) is 0 Å². The van der Waals surface area contributed by atoms with Crippen LogP contribution in [0.25, 0.3) is 0 Å². The van der Waals surface area contributed by atoms with Gasteiger partial charge in [-0.15, -0.1) is 0 Å². The molecule has 0 aliphatic heterocycles. The fourth-order valence-electron chi connectivity index (χ4n) is 0.542. The van der Waals surface area contributed by atoms with Crippen molar-refractivity contribution >= 4 is 10.2 Å². The predicted octanol–water partition coefficient (Wildman–Crippen LogP) is 1.13. The minimum Gasteiger partial charge on any atom is -0.396 e. The fourth-order valence-corrected chi connectivity index (χ4v) is 0.746. The molecule has 0 spiro atoms. The van der Waals surface area contributed by atoms with Gasteiger partial charge in [-0.2, -0.15) is 0 Å². The lowest BCUT2D eigenvalue weighted by Gasteiger charge is -2.03. The van der Waals surface area contributed by atoms with Crippen molar-refractivity contribution in [3.05, 3.63) is 0 Å². The van der Waals surface area contributed by atoms with Gasteiger partial charge < -0.3 is 5.11 Å². The van der Waals surface area contributed by atoms with Crippen molar-refractivity contribution < 1.29 is 5.11 Å². The number of aliphatic hydroxyl groups is 1. The molecule has 0 aliphatic carbocycles. The van der Waals surface area contributed by atoms with Crippen LogP contribution in [-0.4, -0.2) is 22.0 Å². The molecule has 0 aromatic carbocycles. The van der Waals surface area contributed by atoms with Gasteiger partial charge in [-0.1, -0.05) is 26.2 Å². The van der Waals surface area contributed by atoms with Gasteiger partial charge in [0.15, 0.2) is 0 Å². The molecule has 2 heteroatoms. The molecule has 0 fully saturated rings. The quantitative estimate of drug-likeness (QED) is 0.564. The third-order valence-electron chi connectivity index (χ3n) is 1.13. The zero-order valence-electron chi connectivity index (χ0n) is 5.35. The predicted molar refractivity (Wildman–Crippen MR) is 36.1 cm³/mol. The molecule has 0 saturated carbocycles. The van der Waals surface area contributed by atoms with E-state index in [1.807, 2.05) is 0 Å². The molecule has 8 heavy (non-hydrogen) atoms. The van der Waals surface area contributed by atoms with Crippen molar-refractivity contribution in [2.45, 2.75) is 31.7 Å². The van der Waals surface area contributed by atoms with Crippen molar-refractivity contribution in [1.29, 1.82) is 0 Å². The summed E-state index contributed by atoms with van der Waals surface area (Å²) in [4.78, 5) is 0. The van der Waals surface area contributed by atoms with Crippen LogP contribution in [0.3, 0.4) is 0 Å². The molecule has 0 aromatic heterocycles. The minimum absolute atomic E-state index is 0.261. The van der Waals surface area contributed by atoms with E-state index in [2.05, 4.69) is 17.2 Å². The maximum absolute atomic E-state index is 8.51. The van der Waals surface area contributed by atoms with E-state index in [1.165, 1.54) is 12.8 Å². The first-order chi connectivity index (χ1) is 3.81. The number of hydrogen-bond donors (Lipinski definition) is 1. The molecule has 47 valence electrons. The smallest absolute Gasteiger partial charge is 0.0428 e. The summed E-state index contributed by atoms with van der Waals surface area (Å²) in [5.74, 6) is 0. The van der Waals surface area contributed by atoms with Crippen molar-refractivity contribution in [2.24, 2.45) is 0 Å². The SMILES string of the molecule is CCCCC([Si])CO. The summed E-state index contributed by atoms with van der Waals surface area (Å²) in [6.07, 6.45) is 3.50. The third kappa shape index (κ3) is 4.34. The summed E-state index contributed by atoms with van der Waals surface area (Å²) in [7, 11) is 3.37. The van der Waals surface area contributed by atoms with Crippen LogP contribution in [0.5, 0.6) is 0 Å². The normalized spacial score (nSPS) is 13.9. The Morgan fingerprint density at radius 1 is 1.62 bits per heavy atom. The second kappa shape index (κ2) is 5.32. The molecular weight excluding hydrogens is 116 g/mol. The van der Waals surface area contributed by atoms with Crippen molar-refractivity contribution in [3.8, 4) is 0 Å². The van der Waals surface area contributed by atoms with Gasteiger partial charge in [-0.05, 0) is 5.54 Å². The van der Waals surface area contributed by atoms with E-state index in [0.717, 1.165) is 6.42 Å². The van der Waals surface area contributed by atoms with E-state index in [1.54, 1.807) is 0 Å². The number of unbranched alkanes of at least 4 members (excludes halogenated alkanes) is 1. The van der Waals surface area contributed by atoms with Crippen molar-refractivity contribution in [1.82, 2.24) is 0 Å². The lowest BCUT2D eigenvalue weighted by molar-refractivity contribution is 0.283. The Balaban J connectivity index is 2.86. The van der Waals surface area contributed by atoms with E-state index < -0.39 is 0 Å². The molecule has 3 radical (unpaired) electrons. The molecular formula is C6H13OSi. The van der Waals surface area contributed by atoms with Gasteiger partial charge >= 0.3 is 0 Å². The second-order valence-electron chi connectivity index (χ2n) is 2.02. The van der Waals surface area contributed by atoms with Crippen molar-refractivity contribution in [3.63, 3.8) is 0 Å². The summed E-state index contributed by atoms with van der Waals surface area (Å²) in [6.45, 7) is 2.41. The first kappa shape index (κ1) is 8.18. The average Bonchev–Trinajstić information content (AvgIpc) is 1.83. The number of rotatable bonds is 4. The molecule has 0 rings (SSSR count). The minimum atomic E-state index is 0.261. The summed E-state index contributed by atoms with van der Waals surface area (Å²) in [5.41, 5.74) is 0.315. The molecule has 0 bridgehead atoms. The highest BCUT2D eigenvalue weighted by molar-refractivity contribution is 6.11. The van der Waals surface area contributed by atoms with Gasteiger partial charge in [-0.3, -0.25) is 0 Å². The lowest BCUT2D eigenvalue weighted by Crippen LogP contribution is -1.97. The van der Waals surface area contributed by atoms with Gasteiger partial charge in [-0.25, -0.2) is 0 Å². The zero-order chi connectivity index (χ0) is 6.41. The molecule has 1 unspecified atom stereocenters. The van der Waals surface area contributed by atoms with Gasteiger partial charge in [0, 0.05) is 16.8 Å². The maximum atomic E-state index is 8.51. The standard InChI is InChI=1S/C6H13OSi/c1-2-3-4-6(8)5-7/h6-7H,2-5H2,1H3. The monoisotopic (exact) mass is 129 g/mol. The van der Waals surface area contributed by atoms with E-state index in [-0.39, 0.29) is 6.61 Å². The largest absolute Gasteiger partial charge is 0.396 e. The Bertz CT molecular complexity index is 47.8. The Labute approximate surface area is 54.5 Å². The van der Waals surface area contributed by atoms with E-state index in [4.69, 9.17) is 5.11 Å². The van der Waals surface area contributed by atoms with Gasteiger partial charge in [0.05, 0.1) is 0 Å². The summed E-state index contributed by atoms with van der Waals surface area (Å²) in [5, 5.41) is 8.51. The van der Waals surface area contributed by atoms with Crippen LogP contribution in [0.1, 0.15) is 26.2 Å². The van der Waals surface area contributed by atoms with Crippen LogP contribution < -0.4 is 0 Å². The van der Waals surface area contributed by atoms with Gasteiger partial charge in [0.2, 0.25) is 0 Å². The first-order valence-electron chi connectivity index (χ1n) is 3.13. The van der Waals surface area contributed by atoms with Crippen LogP contribution in [-0.2, 0) is 0 Å². The van der Waals surface area contributed by atoms with Crippen LogP contribution in [0, 0.1) is 0 Å². The number of hydrogen-bond acceptors (Lipinski definition) is 1. The lowest BCUT2D eigenvalue weighted by atomic mass is 10.2. The van der Waals surface area contributed by atoms with E-state index in [9.17, 15) is 0 Å². The first-order valence-corrected chi connectivity index (χ1v) is 3.71. The number of aliphatic hydroxyl groups excluding tert-OH is 1. The van der Waals surface area contributed by atoms with E-state index >= 15 is 0 Å². The Morgan fingerprint density at radius 2 is 2.25 bits per heavy atom. The molecule has 0 aliphatic rings. The van der Waals surface area contributed by atoms with Crippen LogP contribution >= 0.6 is 0 Å². The van der Waals surface area contributed by atoms with E-state index in [0.29, 0.717) is 5.54 Å². The molecule has 1 nitrogen and oxygen atoms in total. The third-order valence-corrected chi connectivity index (χ3v) is 1.60. The highest BCUT2D eigenvalue weighted by atomic mass is 28.1. The molecule has 0 aromatic rings. The summed E-state index contributed by atoms with van der Waals surface area (Å²) < 4.78 is 0. The molecule has 0 saturated heterocycles. The molecule has 0 amide bonds. The molecule has 1 atom stereocenters. The maximum Gasteiger partial charge on any atom is 0.0428 e. The van der Waals surface area contributed by atoms with Crippen molar-refractivity contribution in [2.75, 3.05) is 6.61 Å². The Hall–Kier alpha value is 0.177. The zero-order valence-corrected chi connectivity index (χ0v) is 6.35. The highest BCUT2D eigenvalue weighted by Crippen LogP contribution is 2.07. The second-order valence-corrected chi connectivity index (χ2v) is 2.84. The van der Waals surface area contributed by atoms with Crippen LogP contribution in [0.15, 0.2) is 0 Å². The fraction of sp³-hybridized carbons (Fsp3) is 1.00. The topological polar surface area (TPSA) is 20.2 Å². The van der Waals surface area contributed by atoms with Gasteiger partial charge in [0.25, 0.3) is 0 Å². The van der Waals surface area contributed by atoms with Gasteiger partial charge in [0.1, 0.15) is 0 Å². The average molecular weight is 129 g/mol. The Morgan fingerprint density at radius 3 is 2.62 bits per heavy atom. The van der Waals surface area contributed by atoms with Crippen LogP contribution in [0.2, 0.25) is 5.54 Å². The summed E-state index contributed by atoms with van der Waals surface area (Å²) >= 11 is 0. The Kier molecular flexibility index (Phi) is 5.43. The highest BCUT2D eigenvalue weighted by Gasteiger charge is 1.96. The molecule has 1 N–H and O–H groups in total. The summed E-state index contributed by atoms with van der Waals surface area (Å²) in [6, 6.07) is 0. The molecule has 0 heterocycles.